The van der Waals surface area contributed by atoms with Crippen molar-refractivity contribution in [2.75, 3.05) is 6.61 Å². The van der Waals surface area contributed by atoms with Crippen molar-refractivity contribution in [1.82, 2.24) is 0 Å². The Kier molecular flexibility index (Phi) is 3.32. The summed E-state index contributed by atoms with van der Waals surface area (Å²) in [6.07, 6.45) is 0. The van der Waals surface area contributed by atoms with Crippen molar-refractivity contribution in [3.63, 3.8) is 0 Å². The molecular formula is C11H17NO. The van der Waals surface area contributed by atoms with Crippen molar-refractivity contribution >= 4 is 0 Å². The van der Waals surface area contributed by atoms with Gasteiger partial charge in [-0.05, 0) is 43.5 Å². The lowest BCUT2D eigenvalue weighted by Crippen LogP contribution is -2.02. The minimum Gasteiger partial charge on any atom is -0.494 e. The first-order valence-corrected chi connectivity index (χ1v) is 4.62. The third kappa shape index (κ3) is 2.22. The van der Waals surface area contributed by atoms with Gasteiger partial charge in [-0.2, -0.15) is 0 Å². The van der Waals surface area contributed by atoms with Crippen molar-refractivity contribution in [2.45, 2.75) is 27.3 Å². The molecule has 0 radical (unpaired) electrons. The van der Waals surface area contributed by atoms with Crippen LogP contribution in [-0.2, 0) is 6.54 Å². The Bertz CT molecular complexity index is 294. The number of nitrogens with two attached hydrogens (primary N) is 1. The molecule has 0 aliphatic heterocycles. The van der Waals surface area contributed by atoms with Gasteiger partial charge >= 0.3 is 0 Å². The van der Waals surface area contributed by atoms with Gasteiger partial charge in [-0.3, -0.25) is 0 Å². The van der Waals surface area contributed by atoms with Crippen LogP contribution < -0.4 is 10.5 Å². The van der Waals surface area contributed by atoms with E-state index in [1.807, 2.05) is 13.8 Å². The zero-order chi connectivity index (χ0) is 9.84. The van der Waals surface area contributed by atoms with Gasteiger partial charge in [-0.15, -0.1) is 0 Å². The maximum Gasteiger partial charge on any atom is 0.122 e. The number of benzene rings is 1. The highest BCUT2D eigenvalue weighted by atomic mass is 16.5. The number of rotatable bonds is 3. The molecule has 0 atom stereocenters. The van der Waals surface area contributed by atoms with Gasteiger partial charge in [-0.25, -0.2) is 0 Å². The first kappa shape index (κ1) is 10.1. The Morgan fingerprint density at radius 3 is 2.46 bits per heavy atom. The van der Waals surface area contributed by atoms with E-state index in [1.165, 1.54) is 11.1 Å². The predicted octanol–water partition coefficient (Wildman–Crippen LogP) is 2.16. The molecule has 0 heterocycles. The smallest absolute Gasteiger partial charge is 0.122 e. The van der Waals surface area contributed by atoms with Crippen molar-refractivity contribution in [2.24, 2.45) is 5.73 Å². The summed E-state index contributed by atoms with van der Waals surface area (Å²) < 4.78 is 5.48. The zero-order valence-corrected chi connectivity index (χ0v) is 8.55. The topological polar surface area (TPSA) is 35.2 Å². The minimum atomic E-state index is 0.596. The van der Waals surface area contributed by atoms with Gasteiger partial charge < -0.3 is 10.5 Å². The van der Waals surface area contributed by atoms with Gasteiger partial charge in [0.05, 0.1) is 6.61 Å². The molecule has 72 valence electrons. The molecule has 0 fully saturated rings. The molecule has 0 saturated heterocycles. The van der Waals surface area contributed by atoms with E-state index in [0.717, 1.165) is 11.3 Å². The Morgan fingerprint density at radius 2 is 1.92 bits per heavy atom. The predicted molar refractivity (Wildman–Crippen MR) is 55.0 cm³/mol. The Morgan fingerprint density at radius 1 is 1.23 bits per heavy atom. The average molecular weight is 179 g/mol. The van der Waals surface area contributed by atoms with E-state index in [4.69, 9.17) is 10.5 Å². The maximum absolute atomic E-state index is 5.60. The van der Waals surface area contributed by atoms with Crippen molar-refractivity contribution in [3.05, 3.63) is 28.8 Å². The third-order valence-electron chi connectivity index (χ3n) is 2.15. The first-order chi connectivity index (χ1) is 6.19. The standard InChI is InChI=1S/C11H17NO/c1-4-13-11-6-8(2)10(7-12)5-9(11)3/h5-6H,4,7,12H2,1-3H3. The second-order valence-corrected chi connectivity index (χ2v) is 3.18. The molecule has 0 aliphatic carbocycles. The molecule has 13 heavy (non-hydrogen) atoms. The van der Waals surface area contributed by atoms with Crippen LogP contribution in [0.25, 0.3) is 0 Å². The Balaban J connectivity index is 3.05. The van der Waals surface area contributed by atoms with Gasteiger partial charge in [-0.1, -0.05) is 6.07 Å². The van der Waals surface area contributed by atoms with Crippen LogP contribution in [0.5, 0.6) is 5.75 Å². The molecular weight excluding hydrogens is 162 g/mol. The summed E-state index contributed by atoms with van der Waals surface area (Å²) >= 11 is 0. The van der Waals surface area contributed by atoms with E-state index in [-0.39, 0.29) is 0 Å². The van der Waals surface area contributed by atoms with E-state index < -0.39 is 0 Å². The highest BCUT2D eigenvalue weighted by Gasteiger charge is 2.03. The third-order valence-corrected chi connectivity index (χ3v) is 2.15. The van der Waals surface area contributed by atoms with Crippen LogP contribution in [0.15, 0.2) is 12.1 Å². The highest BCUT2D eigenvalue weighted by Crippen LogP contribution is 2.22. The molecule has 0 aromatic heterocycles. The quantitative estimate of drug-likeness (QED) is 0.771. The lowest BCUT2D eigenvalue weighted by atomic mass is 10.0. The average Bonchev–Trinajstić information content (AvgIpc) is 2.11. The molecule has 2 nitrogen and oxygen atoms in total. The fourth-order valence-electron chi connectivity index (χ4n) is 1.38. The highest BCUT2D eigenvalue weighted by molar-refractivity contribution is 5.41. The normalized spacial score (nSPS) is 10.2. The van der Waals surface area contributed by atoms with E-state index in [2.05, 4.69) is 19.1 Å². The molecule has 0 spiro atoms. The maximum atomic E-state index is 5.60. The molecule has 0 amide bonds. The van der Waals surface area contributed by atoms with Gasteiger partial charge in [0.25, 0.3) is 0 Å². The minimum absolute atomic E-state index is 0.596. The largest absolute Gasteiger partial charge is 0.494 e. The van der Waals surface area contributed by atoms with Crippen LogP contribution in [0.4, 0.5) is 0 Å². The summed E-state index contributed by atoms with van der Waals surface area (Å²) in [6, 6.07) is 4.15. The summed E-state index contributed by atoms with van der Waals surface area (Å²) in [5.74, 6) is 0.970. The second kappa shape index (κ2) is 4.28. The lowest BCUT2D eigenvalue weighted by molar-refractivity contribution is 0.337. The number of ether oxygens (including phenoxy) is 1. The number of hydrogen-bond donors (Lipinski definition) is 1. The Labute approximate surface area is 79.7 Å². The molecule has 0 aliphatic rings. The first-order valence-electron chi connectivity index (χ1n) is 4.62. The second-order valence-electron chi connectivity index (χ2n) is 3.18. The molecule has 0 unspecified atom stereocenters. The summed E-state index contributed by atoms with van der Waals surface area (Å²) in [5.41, 5.74) is 9.16. The van der Waals surface area contributed by atoms with Gasteiger partial charge in [0.1, 0.15) is 5.75 Å². The lowest BCUT2D eigenvalue weighted by Gasteiger charge is -2.10. The molecule has 2 heteroatoms. The summed E-state index contributed by atoms with van der Waals surface area (Å²) in [4.78, 5) is 0. The summed E-state index contributed by atoms with van der Waals surface area (Å²) in [5, 5.41) is 0. The molecule has 1 rings (SSSR count). The fraction of sp³-hybridized carbons (Fsp3) is 0.455. The van der Waals surface area contributed by atoms with Gasteiger partial charge in [0.15, 0.2) is 0 Å². The van der Waals surface area contributed by atoms with Crippen molar-refractivity contribution in [1.29, 1.82) is 0 Å². The van der Waals surface area contributed by atoms with Crippen LogP contribution in [-0.4, -0.2) is 6.61 Å². The zero-order valence-electron chi connectivity index (χ0n) is 8.55. The Hall–Kier alpha value is -1.02. The van der Waals surface area contributed by atoms with Crippen LogP contribution in [0.3, 0.4) is 0 Å². The number of hydrogen-bond acceptors (Lipinski definition) is 2. The van der Waals surface area contributed by atoms with Gasteiger partial charge in [0, 0.05) is 6.54 Å². The summed E-state index contributed by atoms with van der Waals surface area (Å²) in [6.45, 7) is 7.40. The van der Waals surface area contributed by atoms with E-state index in [0.29, 0.717) is 13.2 Å². The van der Waals surface area contributed by atoms with Crippen LogP contribution in [0, 0.1) is 13.8 Å². The van der Waals surface area contributed by atoms with E-state index in [9.17, 15) is 0 Å². The number of aryl methyl sites for hydroxylation is 2. The van der Waals surface area contributed by atoms with Crippen LogP contribution >= 0.6 is 0 Å². The SMILES string of the molecule is CCOc1cc(C)c(CN)cc1C. The van der Waals surface area contributed by atoms with E-state index >= 15 is 0 Å². The summed E-state index contributed by atoms with van der Waals surface area (Å²) in [7, 11) is 0. The monoisotopic (exact) mass is 179 g/mol. The van der Waals surface area contributed by atoms with Crippen LogP contribution in [0.1, 0.15) is 23.6 Å². The molecule has 1 aromatic carbocycles. The van der Waals surface area contributed by atoms with Gasteiger partial charge in [0.2, 0.25) is 0 Å². The van der Waals surface area contributed by atoms with Crippen molar-refractivity contribution in [3.8, 4) is 5.75 Å². The van der Waals surface area contributed by atoms with E-state index in [1.54, 1.807) is 0 Å². The molecule has 0 bridgehead atoms. The fourth-order valence-corrected chi connectivity index (χ4v) is 1.38. The van der Waals surface area contributed by atoms with Crippen LogP contribution in [0.2, 0.25) is 0 Å². The molecule has 0 saturated carbocycles. The molecule has 1 aromatic rings. The molecule has 2 N–H and O–H groups in total. The van der Waals surface area contributed by atoms with Crippen molar-refractivity contribution < 1.29 is 4.74 Å².